The number of hydrogen-bond acceptors (Lipinski definition) is 4. The van der Waals surface area contributed by atoms with E-state index in [2.05, 4.69) is 4.98 Å². The molecule has 0 aliphatic heterocycles. The van der Waals surface area contributed by atoms with Crippen molar-refractivity contribution in [1.29, 1.82) is 0 Å². The normalized spacial score (nSPS) is 10.7. The molecule has 0 bridgehead atoms. The lowest BCUT2D eigenvalue weighted by Crippen LogP contribution is -2.17. The summed E-state index contributed by atoms with van der Waals surface area (Å²) in [6.45, 7) is -0.0422. The Kier molecular flexibility index (Phi) is 2.62. The second-order valence-corrected chi connectivity index (χ2v) is 3.45. The summed E-state index contributed by atoms with van der Waals surface area (Å²) in [6, 6.07) is 5.56. The fourth-order valence-electron chi connectivity index (χ4n) is 1.69. The number of aryl methyl sites for hydroxylation is 1. The van der Waals surface area contributed by atoms with Crippen molar-refractivity contribution in [2.45, 2.75) is 0 Å². The molecule has 0 aliphatic rings. The van der Waals surface area contributed by atoms with Gasteiger partial charge in [-0.1, -0.05) is 6.07 Å². The zero-order valence-electron chi connectivity index (χ0n) is 9.23. The molecule has 0 unspecified atom stereocenters. The monoisotopic (exact) mass is 219 g/mol. The first-order valence-electron chi connectivity index (χ1n) is 4.91. The molecule has 84 valence electrons. The fraction of sp³-hybridized carbons (Fsp3) is 0.273. The summed E-state index contributed by atoms with van der Waals surface area (Å²) < 4.78 is 6.92. The van der Waals surface area contributed by atoms with Crippen molar-refractivity contribution in [1.82, 2.24) is 9.55 Å². The van der Waals surface area contributed by atoms with Gasteiger partial charge < -0.3 is 15.0 Å². The first-order chi connectivity index (χ1) is 7.69. The van der Waals surface area contributed by atoms with E-state index in [0.29, 0.717) is 17.1 Å². The van der Waals surface area contributed by atoms with E-state index in [4.69, 9.17) is 10.5 Å². The highest BCUT2D eigenvalue weighted by Crippen LogP contribution is 2.24. The molecule has 2 aromatic rings. The molecular formula is C11H13N3O2. The molecule has 16 heavy (non-hydrogen) atoms. The Labute approximate surface area is 92.8 Å². The highest BCUT2D eigenvalue weighted by atomic mass is 16.5. The molecule has 1 aromatic heterocycles. The van der Waals surface area contributed by atoms with Gasteiger partial charge in [-0.2, -0.15) is 0 Å². The SMILES string of the molecule is COc1cccc2c1nc(C(=O)CN)n2C. The van der Waals surface area contributed by atoms with Crippen LogP contribution in [0.3, 0.4) is 0 Å². The molecule has 0 saturated carbocycles. The molecular weight excluding hydrogens is 206 g/mol. The predicted molar refractivity (Wildman–Crippen MR) is 60.7 cm³/mol. The highest BCUT2D eigenvalue weighted by molar-refractivity contribution is 5.98. The number of carbonyl (C=O) groups excluding carboxylic acids is 1. The number of Topliss-reactive ketones (excluding diaryl/α,β-unsaturated/α-hetero) is 1. The van der Waals surface area contributed by atoms with Crippen molar-refractivity contribution in [3.05, 3.63) is 24.0 Å². The largest absolute Gasteiger partial charge is 0.494 e. The average Bonchev–Trinajstić information content (AvgIpc) is 2.66. The summed E-state index contributed by atoms with van der Waals surface area (Å²) in [7, 11) is 3.37. The molecule has 1 aromatic carbocycles. The minimum atomic E-state index is -0.180. The smallest absolute Gasteiger partial charge is 0.211 e. The van der Waals surface area contributed by atoms with Crippen molar-refractivity contribution in [3.63, 3.8) is 0 Å². The van der Waals surface area contributed by atoms with E-state index in [-0.39, 0.29) is 12.3 Å². The number of imidazole rings is 1. The van der Waals surface area contributed by atoms with E-state index in [1.165, 1.54) is 0 Å². The molecule has 0 spiro atoms. The molecule has 5 heteroatoms. The third-order valence-corrected chi connectivity index (χ3v) is 2.53. The van der Waals surface area contributed by atoms with Crippen LogP contribution in [0.15, 0.2) is 18.2 Å². The van der Waals surface area contributed by atoms with Crippen molar-refractivity contribution in [2.75, 3.05) is 13.7 Å². The predicted octanol–water partition coefficient (Wildman–Crippen LogP) is 0.723. The summed E-state index contributed by atoms with van der Waals surface area (Å²) in [5.74, 6) is 0.840. The Balaban J connectivity index is 2.72. The summed E-state index contributed by atoms with van der Waals surface area (Å²) in [6.07, 6.45) is 0. The van der Waals surface area contributed by atoms with Crippen LogP contribution in [0.1, 0.15) is 10.6 Å². The lowest BCUT2D eigenvalue weighted by atomic mass is 10.3. The third kappa shape index (κ3) is 1.45. The third-order valence-electron chi connectivity index (χ3n) is 2.53. The minimum absolute atomic E-state index is 0.0422. The number of carbonyl (C=O) groups is 1. The van der Waals surface area contributed by atoms with Crippen molar-refractivity contribution in [3.8, 4) is 5.75 Å². The molecule has 0 radical (unpaired) electrons. The summed E-state index contributed by atoms with van der Waals surface area (Å²) in [4.78, 5) is 15.8. The van der Waals surface area contributed by atoms with E-state index >= 15 is 0 Å². The first-order valence-corrected chi connectivity index (χ1v) is 4.91. The molecule has 0 fully saturated rings. The van der Waals surface area contributed by atoms with Crippen molar-refractivity contribution >= 4 is 16.8 Å². The number of rotatable bonds is 3. The molecule has 5 nitrogen and oxygen atoms in total. The van der Waals surface area contributed by atoms with Crippen molar-refractivity contribution < 1.29 is 9.53 Å². The number of hydrogen-bond donors (Lipinski definition) is 1. The van der Waals surface area contributed by atoms with E-state index in [9.17, 15) is 4.79 Å². The van der Waals surface area contributed by atoms with Gasteiger partial charge in [0.2, 0.25) is 5.78 Å². The fourth-order valence-corrected chi connectivity index (χ4v) is 1.69. The molecule has 0 amide bonds. The van der Waals surface area contributed by atoms with Gasteiger partial charge in [0, 0.05) is 7.05 Å². The zero-order chi connectivity index (χ0) is 11.7. The summed E-state index contributed by atoms with van der Waals surface area (Å²) in [5.41, 5.74) is 6.87. The quantitative estimate of drug-likeness (QED) is 0.772. The second kappa shape index (κ2) is 3.94. The lowest BCUT2D eigenvalue weighted by Gasteiger charge is -2.00. The van der Waals surface area contributed by atoms with Gasteiger partial charge in [0.05, 0.1) is 19.2 Å². The zero-order valence-corrected chi connectivity index (χ0v) is 9.23. The van der Waals surface area contributed by atoms with E-state index < -0.39 is 0 Å². The Morgan fingerprint density at radius 1 is 1.56 bits per heavy atom. The van der Waals surface area contributed by atoms with Crippen LogP contribution in [0.4, 0.5) is 0 Å². The highest BCUT2D eigenvalue weighted by Gasteiger charge is 2.15. The van der Waals surface area contributed by atoms with Gasteiger partial charge >= 0.3 is 0 Å². The number of para-hydroxylation sites is 1. The summed E-state index contributed by atoms with van der Waals surface area (Å²) >= 11 is 0. The number of fused-ring (bicyclic) bond motifs is 1. The number of nitrogens with two attached hydrogens (primary N) is 1. The Bertz CT molecular complexity index is 545. The molecule has 0 atom stereocenters. The van der Waals surface area contributed by atoms with Gasteiger partial charge in [-0.05, 0) is 12.1 Å². The Morgan fingerprint density at radius 3 is 2.94 bits per heavy atom. The van der Waals surface area contributed by atoms with Crippen LogP contribution in [-0.4, -0.2) is 29.0 Å². The topological polar surface area (TPSA) is 70.1 Å². The van der Waals surface area contributed by atoms with Crippen LogP contribution >= 0.6 is 0 Å². The molecule has 2 N–H and O–H groups in total. The number of ether oxygens (including phenoxy) is 1. The number of methoxy groups -OCH3 is 1. The molecule has 2 rings (SSSR count). The van der Waals surface area contributed by atoms with Crippen molar-refractivity contribution in [2.24, 2.45) is 12.8 Å². The number of nitrogens with zero attached hydrogens (tertiary/aromatic N) is 2. The lowest BCUT2D eigenvalue weighted by molar-refractivity contribution is 0.0989. The maximum Gasteiger partial charge on any atom is 0.211 e. The van der Waals surface area contributed by atoms with Crippen LogP contribution in [0.5, 0.6) is 5.75 Å². The van der Waals surface area contributed by atoms with Crippen LogP contribution < -0.4 is 10.5 Å². The number of benzene rings is 1. The first kappa shape index (κ1) is 10.6. The van der Waals surface area contributed by atoms with Crippen LogP contribution in [0.2, 0.25) is 0 Å². The average molecular weight is 219 g/mol. The van der Waals surface area contributed by atoms with Crippen LogP contribution in [-0.2, 0) is 7.05 Å². The Morgan fingerprint density at radius 2 is 2.31 bits per heavy atom. The van der Waals surface area contributed by atoms with Crippen LogP contribution in [0.25, 0.3) is 11.0 Å². The molecule has 0 saturated heterocycles. The maximum atomic E-state index is 11.6. The molecule has 0 aliphatic carbocycles. The summed E-state index contributed by atoms with van der Waals surface area (Å²) in [5, 5.41) is 0. The molecule has 1 heterocycles. The van der Waals surface area contributed by atoms with Gasteiger partial charge in [-0.3, -0.25) is 4.79 Å². The number of aromatic nitrogens is 2. The van der Waals surface area contributed by atoms with E-state index in [1.54, 1.807) is 18.7 Å². The van der Waals surface area contributed by atoms with Gasteiger partial charge in [-0.15, -0.1) is 0 Å². The number of ketones is 1. The maximum absolute atomic E-state index is 11.6. The van der Waals surface area contributed by atoms with Crippen LogP contribution in [0, 0.1) is 0 Å². The van der Waals surface area contributed by atoms with E-state index in [0.717, 1.165) is 5.52 Å². The Hall–Kier alpha value is -1.88. The minimum Gasteiger partial charge on any atom is -0.494 e. The second-order valence-electron chi connectivity index (χ2n) is 3.45. The standard InChI is InChI=1S/C11H13N3O2/c1-14-7-4-3-5-9(16-2)10(7)13-11(14)8(15)6-12/h3-5H,6,12H2,1-2H3. The van der Waals surface area contributed by atoms with Gasteiger partial charge in [0.15, 0.2) is 5.82 Å². The van der Waals surface area contributed by atoms with Gasteiger partial charge in [0.25, 0.3) is 0 Å². The van der Waals surface area contributed by atoms with Gasteiger partial charge in [0.1, 0.15) is 11.3 Å². The van der Waals surface area contributed by atoms with Gasteiger partial charge in [-0.25, -0.2) is 4.98 Å². The van der Waals surface area contributed by atoms with E-state index in [1.807, 2.05) is 18.2 Å².